The normalized spacial score (nSPS) is 11.8. The summed E-state index contributed by atoms with van der Waals surface area (Å²) in [6.45, 7) is -0.664. The molecule has 23 heavy (non-hydrogen) atoms. The van der Waals surface area contributed by atoms with Crippen LogP contribution in [0.5, 0.6) is 0 Å². The van der Waals surface area contributed by atoms with Crippen molar-refractivity contribution < 1.29 is 18.0 Å². The summed E-state index contributed by atoms with van der Waals surface area (Å²) in [4.78, 5) is 29.7. The highest BCUT2D eigenvalue weighted by Crippen LogP contribution is 2.29. The molecule has 2 rings (SSSR count). The molecule has 122 valence electrons. The first kappa shape index (κ1) is 16.7. The Kier molecular flexibility index (Phi) is 4.84. The smallest absolute Gasteiger partial charge is 0.344 e. The number of aromatic amines is 1. The molecule has 2 heterocycles. The molecular weight excluding hydrogens is 339 g/mol. The first-order valence-electron chi connectivity index (χ1n) is 6.05. The number of hydrogen-bond acceptors (Lipinski definition) is 4. The van der Waals surface area contributed by atoms with E-state index in [0.29, 0.717) is 22.5 Å². The lowest BCUT2D eigenvalue weighted by Crippen LogP contribution is -2.31. The predicted molar refractivity (Wildman–Crippen MR) is 75.0 cm³/mol. The maximum atomic E-state index is 12.7. The van der Waals surface area contributed by atoms with Gasteiger partial charge < -0.3 is 9.55 Å². The first-order valence-corrected chi connectivity index (χ1v) is 6.42. The number of carbonyl (C=O) groups is 1. The van der Waals surface area contributed by atoms with Gasteiger partial charge in [-0.1, -0.05) is 11.6 Å². The summed E-state index contributed by atoms with van der Waals surface area (Å²) in [7, 11) is 0. The monoisotopic (exact) mass is 347 g/mol. The van der Waals surface area contributed by atoms with E-state index >= 15 is 0 Å². The summed E-state index contributed by atoms with van der Waals surface area (Å²) in [5.74, 6) is -0.793. The average molecular weight is 348 g/mol. The van der Waals surface area contributed by atoms with Crippen molar-refractivity contribution in [1.29, 1.82) is 0 Å². The number of carbonyl (C=O) groups excluding carboxylic acids is 1. The minimum atomic E-state index is -4.69. The number of rotatable bonds is 4. The highest BCUT2D eigenvalue weighted by Gasteiger charge is 2.32. The third-order valence-electron chi connectivity index (χ3n) is 2.60. The predicted octanol–water partition coefficient (Wildman–Crippen LogP) is 1.39. The van der Waals surface area contributed by atoms with E-state index in [-0.39, 0.29) is 0 Å². The molecule has 1 amide bonds. The van der Waals surface area contributed by atoms with E-state index in [2.05, 4.69) is 20.5 Å². The van der Waals surface area contributed by atoms with Gasteiger partial charge in [0, 0.05) is 6.20 Å². The third kappa shape index (κ3) is 4.42. The SMILES string of the molecule is O=C(Cn1cc(C(F)(F)F)cc(Cl)c1=O)N/N=C/c1cnc[nH]1. The molecule has 7 nitrogen and oxygen atoms in total. The Labute approximate surface area is 131 Å². The standard InChI is InChI=1S/C12H9ClF3N5O2/c13-9-1-7(12(14,15)16)4-21(11(9)23)5-10(22)20-19-3-8-2-17-6-18-8/h1-4,6H,5H2,(H,17,18)(H,20,22)/b19-3+. The van der Waals surface area contributed by atoms with Gasteiger partial charge in [-0.3, -0.25) is 9.59 Å². The van der Waals surface area contributed by atoms with Gasteiger partial charge in [0.2, 0.25) is 0 Å². The number of aromatic nitrogens is 3. The maximum absolute atomic E-state index is 12.7. The second-order valence-corrected chi connectivity index (χ2v) is 4.71. The Morgan fingerprint density at radius 3 is 2.87 bits per heavy atom. The van der Waals surface area contributed by atoms with E-state index in [1.807, 2.05) is 0 Å². The molecule has 2 aromatic rings. The summed E-state index contributed by atoms with van der Waals surface area (Å²) in [6, 6.07) is 0.509. The fraction of sp³-hybridized carbons (Fsp3) is 0.167. The van der Waals surface area contributed by atoms with Crippen LogP contribution < -0.4 is 11.0 Å². The molecule has 2 aromatic heterocycles. The zero-order chi connectivity index (χ0) is 17.0. The minimum absolute atomic E-state index is 0.504. The molecule has 0 saturated carbocycles. The minimum Gasteiger partial charge on any atom is -0.344 e. The average Bonchev–Trinajstić information content (AvgIpc) is 2.95. The highest BCUT2D eigenvalue weighted by atomic mass is 35.5. The Hall–Kier alpha value is -2.62. The van der Waals surface area contributed by atoms with Gasteiger partial charge in [0.25, 0.3) is 11.5 Å². The van der Waals surface area contributed by atoms with Crippen molar-refractivity contribution in [3.63, 3.8) is 0 Å². The molecular formula is C12H9ClF3N5O2. The van der Waals surface area contributed by atoms with Crippen molar-refractivity contribution in [1.82, 2.24) is 20.0 Å². The number of nitrogens with zero attached hydrogens (tertiary/aromatic N) is 3. The molecule has 0 radical (unpaired) electrons. The molecule has 2 N–H and O–H groups in total. The molecule has 0 aliphatic carbocycles. The lowest BCUT2D eigenvalue weighted by Gasteiger charge is -2.11. The molecule has 0 aromatic carbocycles. The molecule has 0 spiro atoms. The number of imidazole rings is 1. The van der Waals surface area contributed by atoms with Crippen molar-refractivity contribution in [3.05, 3.63) is 51.4 Å². The van der Waals surface area contributed by atoms with Crippen LogP contribution in [-0.4, -0.2) is 26.7 Å². The number of H-pyrrole nitrogens is 1. The van der Waals surface area contributed by atoms with Crippen LogP contribution in [0.2, 0.25) is 5.02 Å². The third-order valence-corrected chi connectivity index (χ3v) is 2.87. The molecule has 0 fully saturated rings. The number of hydrazone groups is 1. The number of alkyl halides is 3. The van der Waals surface area contributed by atoms with E-state index < -0.39 is 34.8 Å². The molecule has 0 unspecified atom stereocenters. The Balaban J connectivity index is 2.11. The Bertz CT molecular complexity index is 783. The first-order chi connectivity index (χ1) is 10.8. The topological polar surface area (TPSA) is 92.1 Å². The van der Waals surface area contributed by atoms with Gasteiger partial charge in [-0.05, 0) is 6.07 Å². The fourth-order valence-electron chi connectivity index (χ4n) is 1.57. The van der Waals surface area contributed by atoms with Crippen molar-refractivity contribution in [2.45, 2.75) is 12.7 Å². The van der Waals surface area contributed by atoms with Gasteiger partial charge in [0.1, 0.15) is 11.6 Å². The second-order valence-electron chi connectivity index (χ2n) is 4.31. The van der Waals surface area contributed by atoms with Crippen LogP contribution in [0.4, 0.5) is 13.2 Å². The molecule has 11 heteroatoms. The summed E-state index contributed by atoms with van der Waals surface area (Å²) >= 11 is 5.47. The van der Waals surface area contributed by atoms with E-state index in [1.54, 1.807) is 0 Å². The molecule has 0 saturated heterocycles. The van der Waals surface area contributed by atoms with Crippen LogP contribution in [0, 0.1) is 0 Å². The largest absolute Gasteiger partial charge is 0.417 e. The van der Waals surface area contributed by atoms with Gasteiger partial charge >= 0.3 is 6.18 Å². The second kappa shape index (κ2) is 6.65. The fourth-order valence-corrected chi connectivity index (χ4v) is 1.80. The van der Waals surface area contributed by atoms with Crippen molar-refractivity contribution in [3.8, 4) is 0 Å². The van der Waals surface area contributed by atoms with Crippen LogP contribution in [0.1, 0.15) is 11.3 Å². The number of hydrogen-bond donors (Lipinski definition) is 2. The van der Waals surface area contributed by atoms with E-state index in [0.717, 1.165) is 0 Å². The van der Waals surface area contributed by atoms with Crippen molar-refractivity contribution in [2.75, 3.05) is 0 Å². The number of halogens is 4. The highest BCUT2D eigenvalue weighted by molar-refractivity contribution is 6.30. The summed E-state index contributed by atoms with van der Waals surface area (Å²) in [6.07, 6.45) is -0.0897. The zero-order valence-electron chi connectivity index (χ0n) is 11.3. The molecule has 0 bridgehead atoms. The molecule has 0 atom stereocenters. The zero-order valence-corrected chi connectivity index (χ0v) is 12.0. The maximum Gasteiger partial charge on any atom is 0.417 e. The summed E-state index contributed by atoms with van der Waals surface area (Å²) in [5, 5.41) is 2.94. The van der Waals surface area contributed by atoms with Crippen LogP contribution >= 0.6 is 11.6 Å². The summed E-state index contributed by atoms with van der Waals surface area (Å²) < 4.78 is 38.6. The van der Waals surface area contributed by atoms with Gasteiger partial charge in [-0.15, -0.1) is 0 Å². The van der Waals surface area contributed by atoms with Crippen LogP contribution in [0.15, 0.2) is 34.7 Å². The van der Waals surface area contributed by atoms with Gasteiger partial charge in [0.15, 0.2) is 0 Å². The summed E-state index contributed by atoms with van der Waals surface area (Å²) in [5.41, 5.74) is 0.539. The van der Waals surface area contributed by atoms with Crippen LogP contribution in [-0.2, 0) is 17.5 Å². The quantitative estimate of drug-likeness (QED) is 0.646. The van der Waals surface area contributed by atoms with Gasteiger partial charge in [-0.2, -0.15) is 18.3 Å². The van der Waals surface area contributed by atoms with Crippen LogP contribution in [0.3, 0.4) is 0 Å². The number of pyridine rings is 1. The lowest BCUT2D eigenvalue weighted by molar-refractivity contribution is -0.138. The van der Waals surface area contributed by atoms with E-state index in [9.17, 15) is 22.8 Å². The Morgan fingerprint density at radius 1 is 1.52 bits per heavy atom. The lowest BCUT2D eigenvalue weighted by atomic mass is 10.2. The molecule has 0 aliphatic heterocycles. The van der Waals surface area contributed by atoms with Crippen molar-refractivity contribution >= 4 is 23.7 Å². The van der Waals surface area contributed by atoms with E-state index in [4.69, 9.17) is 11.6 Å². The van der Waals surface area contributed by atoms with E-state index in [1.165, 1.54) is 18.7 Å². The number of nitrogens with one attached hydrogen (secondary N) is 2. The Morgan fingerprint density at radius 2 is 2.26 bits per heavy atom. The number of amides is 1. The van der Waals surface area contributed by atoms with Gasteiger partial charge in [0.05, 0.1) is 30.0 Å². The van der Waals surface area contributed by atoms with Crippen LogP contribution in [0.25, 0.3) is 0 Å². The molecule has 0 aliphatic rings. The van der Waals surface area contributed by atoms with Gasteiger partial charge in [-0.25, -0.2) is 10.4 Å². The van der Waals surface area contributed by atoms with Crippen molar-refractivity contribution in [2.24, 2.45) is 5.10 Å².